The molecule has 7 nitrogen and oxygen atoms in total. The van der Waals surface area contributed by atoms with Crippen LogP contribution in [0.4, 0.5) is 4.79 Å². The summed E-state index contributed by atoms with van der Waals surface area (Å²) in [6, 6.07) is 4.02. The molecule has 4 rings (SSSR count). The molecule has 0 radical (unpaired) electrons. The van der Waals surface area contributed by atoms with Crippen molar-refractivity contribution in [1.29, 1.82) is 0 Å². The van der Waals surface area contributed by atoms with Gasteiger partial charge in [-0.15, -0.1) is 0 Å². The standard InChI is InChI=1S/C21H28N2O5/c1-12-13(5-6-14-15(12)11-27-19(14)25)18(24)10-22-7-8-23(17-9-16(17)22)20(26)28-21(2,3)4/h5-6,16-18,24H,7-11H2,1-4H3/t16-,17+,18+/m1/s1. The Morgan fingerprint density at radius 2 is 2.07 bits per heavy atom. The van der Waals surface area contributed by atoms with E-state index in [-0.39, 0.29) is 30.8 Å². The summed E-state index contributed by atoms with van der Waals surface area (Å²) < 4.78 is 10.6. The molecule has 1 aromatic carbocycles. The van der Waals surface area contributed by atoms with Gasteiger partial charge in [0, 0.05) is 31.2 Å². The minimum Gasteiger partial charge on any atom is -0.457 e. The van der Waals surface area contributed by atoms with Crippen LogP contribution in [0.2, 0.25) is 0 Å². The van der Waals surface area contributed by atoms with Crippen LogP contribution in [0.5, 0.6) is 0 Å². The summed E-state index contributed by atoms with van der Waals surface area (Å²) in [4.78, 5) is 28.2. The van der Waals surface area contributed by atoms with E-state index < -0.39 is 11.7 Å². The second-order valence-corrected chi connectivity index (χ2v) is 8.94. The van der Waals surface area contributed by atoms with Crippen molar-refractivity contribution < 1.29 is 24.2 Å². The number of piperazine rings is 1. The Kier molecular flexibility index (Phi) is 4.62. The number of ether oxygens (including phenoxy) is 2. The summed E-state index contributed by atoms with van der Waals surface area (Å²) in [5.74, 6) is -0.293. The first-order valence-electron chi connectivity index (χ1n) is 9.87. The van der Waals surface area contributed by atoms with Gasteiger partial charge in [-0.25, -0.2) is 9.59 Å². The number of fused-ring (bicyclic) bond motifs is 2. The van der Waals surface area contributed by atoms with Crippen LogP contribution in [0.3, 0.4) is 0 Å². The molecule has 3 aliphatic rings. The molecule has 7 heteroatoms. The van der Waals surface area contributed by atoms with Crippen molar-refractivity contribution in [3.8, 4) is 0 Å². The number of nitrogens with zero attached hydrogens (tertiary/aromatic N) is 2. The largest absolute Gasteiger partial charge is 0.457 e. The lowest BCUT2D eigenvalue weighted by atomic mass is 9.95. The lowest BCUT2D eigenvalue weighted by Gasteiger charge is -2.36. The molecule has 3 atom stereocenters. The van der Waals surface area contributed by atoms with Crippen molar-refractivity contribution in [3.63, 3.8) is 0 Å². The fraction of sp³-hybridized carbons (Fsp3) is 0.619. The second kappa shape index (κ2) is 6.74. The average Bonchev–Trinajstić information content (AvgIpc) is 3.31. The Morgan fingerprint density at radius 3 is 2.79 bits per heavy atom. The summed E-state index contributed by atoms with van der Waals surface area (Å²) in [6.07, 6.45) is 0.0203. The molecular formula is C21H28N2O5. The zero-order valence-electron chi connectivity index (χ0n) is 16.9. The van der Waals surface area contributed by atoms with E-state index in [1.807, 2.05) is 38.7 Å². The number of amides is 1. The predicted molar refractivity (Wildman–Crippen MR) is 102 cm³/mol. The van der Waals surface area contributed by atoms with Crippen LogP contribution in [-0.4, -0.2) is 64.3 Å². The molecule has 28 heavy (non-hydrogen) atoms. The summed E-state index contributed by atoms with van der Waals surface area (Å²) >= 11 is 0. The highest BCUT2D eigenvalue weighted by molar-refractivity contribution is 5.93. The van der Waals surface area contributed by atoms with Gasteiger partial charge in [-0.05, 0) is 51.3 Å². The molecule has 1 saturated carbocycles. The molecule has 2 fully saturated rings. The number of aliphatic hydroxyl groups is 1. The van der Waals surface area contributed by atoms with Gasteiger partial charge >= 0.3 is 12.1 Å². The van der Waals surface area contributed by atoms with Crippen LogP contribution >= 0.6 is 0 Å². The lowest BCUT2D eigenvalue weighted by molar-refractivity contribution is 0.00881. The van der Waals surface area contributed by atoms with Gasteiger partial charge in [0.1, 0.15) is 12.2 Å². The van der Waals surface area contributed by atoms with Gasteiger partial charge in [-0.3, -0.25) is 4.90 Å². The van der Waals surface area contributed by atoms with E-state index in [0.717, 1.165) is 23.1 Å². The third-order valence-electron chi connectivity index (χ3n) is 5.82. The number of hydrogen-bond donors (Lipinski definition) is 1. The Bertz CT molecular complexity index is 816. The maximum atomic E-state index is 12.4. The first-order chi connectivity index (χ1) is 13.2. The summed E-state index contributed by atoms with van der Waals surface area (Å²) in [7, 11) is 0. The maximum absolute atomic E-state index is 12.4. The van der Waals surface area contributed by atoms with E-state index in [1.54, 1.807) is 6.07 Å². The maximum Gasteiger partial charge on any atom is 0.410 e. The van der Waals surface area contributed by atoms with Crippen LogP contribution in [0.25, 0.3) is 0 Å². The number of cyclic esters (lactones) is 1. The number of β-amino-alcohol motifs (C(OH)–C–C–N with tert-alkyl or cyclic N) is 1. The van der Waals surface area contributed by atoms with Crippen molar-refractivity contribution >= 4 is 12.1 Å². The first kappa shape index (κ1) is 19.2. The number of hydrogen-bond acceptors (Lipinski definition) is 6. The summed E-state index contributed by atoms with van der Waals surface area (Å²) in [6.45, 7) is 9.66. The molecule has 1 aromatic rings. The SMILES string of the molecule is Cc1c([C@@H](O)CN2CCN(C(=O)OC(C)(C)C)[C@H]3C[C@H]32)ccc2c1COC2=O. The smallest absolute Gasteiger partial charge is 0.410 e. The third-order valence-corrected chi connectivity index (χ3v) is 5.82. The van der Waals surface area contributed by atoms with E-state index in [9.17, 15) is 14.7 Å². The normalized spacial score (nSPS) is 25.0. The van der Waals surface area contributed by atoms with Gasteiger partial charge in [0.2, 0.25) is 0 Å². The number of carbonyl (C=O) groups excluding carboxylic acids is 2. The average molecular weight is 388 g/mol. The molecule has 0 bridgehead atoms. The van der Waals surface area contributed by atoms with Gasteiger partial charge < -0.3 is 19.5 Å². The monoisotopic (exact) mass is 388 g/mol. The minimum absolute atomic E-state index is 0.169. The molecule has 1 amide bonds. The third kappa shape index (κ3) is 3.49. The van der Waals surface area contributed by atoms with Crippen LogP contribution < -0.4 is 0 Å². The van der Waals surface area contributed by atoms with E-state index in [0.29, 0.717) is 25.2 Å². The number of carbonyl (C=O) groups is 2. The Balaban J connectivity index is 1.40. The van der Waals surface area contributed by atoms with Gasteiger partial charge in [0.05, 0.1) is 17.7 Å². The number of aliphatic hydroxyl groups excluding tert-OH is 1. The topological polar surface area (TPSA) is 79.3 Å². The zero-order chi connectivity index (χ0) is 20.2. The Morgan fingerprint density at radius 1 is 1.32 bits per heavy atom. The molecule has 0 unspecified atom stereocenters. The molecule has 0 spiro atoms. The number of benzene rings is 1. The molecular weight excluding hydrogens is 360 g/mol. The van der Waals surface area contributed by atoms with Crippen LogP contribution in [0.15, 0.2) is 12.1 Å². The van der Waals surface area contributed by atoms with E-state index in [1.165, 1.54) is 0 Å². The fourth-order valence-corrected chi connectivity index (χ4v) is 4.29. The van der Waals surface area contributed by atoms with Gasteiger partial charge in [-0.2, -0.15) is 0 Å². The molecule has 152 valence electrons. The van der Waals surface area contributed by atoms with Crippen molar-refractivity contribution in [1.82, 2.24) is 9.80 Å². The summed E-state index contributed by atoms with van der Waals surface area (Å²) in [5.41, 5.74) is 2.74. The van der Waals surface area contributed by atoms with E-state index in [2.05, 4.69) is 4.90 Å². The lowest BCUT2D eigenvalue weighted by Crippen LogP contribution is -2.50. The molecule has 2 heterocycles. The summed E-state index contributed by atoms with van der Waals surface area (Å²) in [5, 5.41) is 10.8. The number of esters is 1. The molecule has 1 saturated heterocycles. The fourth-order valence-electron chi connectivity index (χ4n) is 4.29. The Labute approximate surface area is 165 Å². The quantitative estimate of drug-likeness (QED) is 0.801. The molecule has 1 aliphatic carbocycles. The zero-order valence-corrected chi connectivity index (χ0v) is 16.9. The van der Waals surface area contributed by atoms with Crippen LogP contribution in [-0.2, 0) is 16.1 Å². The second-order valence-electron chi connectivity index (χ2n) is 8.94. The Hall–Kier alpha value is -2.12. The minimum atomic E-state index is -0.643. The van der Waals surface area contributed by atoms with Crippen molar-refractivity contribution in [2.24, 2.45) is 0 Å². The van der Waals surface area contributed by atoms with Crippen molar-refractivity contribution in [3.05, 3.63) is 34.4 Å². The van der Waals surface area contributed by atoms with Crippen molar-refractivity contribution in [2.45, 2.75) is 64.5 Å². The first-order valence-corrected chi connectivity index (χ1v) is 9.87. The van der Waals surface area contributed by atoms with Crippen LogP contribution in [0, 0.1) is 6.92 Å². The van der Waals surface area contributed by atoms with Crippen molar-refractivity contribution in [2.75, 3.05) is 19.6 Å². The van der Waals surface area contributed by atoms with Gasteiger partial charge in [-0.1, -0.05) is 6.07 Å². The molecule has 2 aliphatic heterocycles. The highest BCUT2D eigenvalue weighted by Gasteiger charge is 2.51. The number of rotatable bonds is 3. The van der Waals surface area contributed by atoms with E-state index in [4.69, 9.17) is 9.47 Å². The molecule has 1 N–H and O–H groups in total. The highest BCUT2D eigenvalue weighted by Crippen LogP contribution is 2.39. The molecule has 0 aromatic heterocycles. The van der Waals surface area contributed by atoms with Gasteiger partial charge in [0.25, 0.3) is 0 Å². The van der Waals surface area contributed by atoms with Gasteiger partial charge in [0.15, 0.2) is 0 Å². The highest BCUT2D eigenvalue weighted by atomic mass is 16.6. The van der Waals surface area contributed by atoms with E-state index >= 15 is 0 Å². The van der Waals surface area contributed by atoms with Crippen LogP contribution in [0.1, 0.15) is 60.3 Å². The predicted octanol–water partition coefficient (Wildman–Crippen LogP) is 2.39.